The first-order chi connectivity index (χ1) is 18.8. The zero-order valence-corrected chi connectivity index (χ0v) is 25.7. The van der Waals surface area contributed by atoms with Gasteiger partial charge in [0.05, 0.1) is 17.6 Å². The molecule has 0 saturated heterocycles. The quantitative estimate of drug-likeness (QED) is 0.130. The van der Waals surface area contributed by atoms with Crippen molar-refractivity contribution in [3.05, 3.63) is 23.3 Å². The topological polar surface area (TPSA) is 104 Å². The molecular weight excluding hydrogens is 504 g/mol. The molecule has 3 N–H and O–H groups in total. The predicted octanol–water partition coefficient (Wildman–Crippen LogP) is 6.36. The Morgan fingerprint density at radius 1 is 0.950 bits per heavy atom. The molecular formula is C34H54O6. The molecule has 4 rings (SSSR count). The monoisotopic (exact) mass is 558 g/mol. The maximum Gasteiger partial charge on any atom is 0.306 e. The zero-order chi connectivity index (χ0) is 29.4. The summed E-state index contributed by atoms with van der Waals surface area (Å²) in [6, 6.07) is 0. The van der Waals surface area contributed by atoms with Crippen molar-refractivity contribution < 1.29 is 29.6 Å². The fourth-order valence-corrected chi connectivity index (χ4v) is 8.84. The summed E-state index contributed by atoms with van der Waals surface area (Å²) in [4.78, 5) is 26.2. The Kier molecular flexibility index (Phi) is 9.15. The van der Waals surface area contributed by atoms with Gasteiger partial charge in [-0.05, 0) is 37.3 Å². The molecule has 2 saturated carbocycles. The first-order valence-electron chi connectivity index (χ1n) is 16.1. The zero-order valence-electron chi connectivity index (χ0n) is 25.7. The van der Waals surface area contributed by atoms with Crippen molar-refractivity contribution in [3.63, 3.8) is 0 Å². The lowest BCUT2D eigenvalue weighted by Crippen LogP contribution is -2.64. The summed E-state index contributed by atoms with van der Waals surface area (Å²) in [6.45, 7) is 9.60. The van der Waals surface area contributed by atoms with E-state index in [-0.39, 0.29) is 36.1 Å². The van der Waals surface area contributed by atoms with Gasteiger partial charge in [-0.2, -0.15) is 0 Å². The lowest BCUT2D eigenvalue weighted by Gasteiger charge is -2.53. The number of unbranched alkanes of at least 4 members (excludes halogenated alkanes) is 10. The van der Waals surface area contributed by atoms with Crippen molar-refractivity contribution >= 4 is 11.8 Å². The molecule has 0 spiro atoms. The number of ether oxygens (including phenoxy) is 1. The number of carbonyl (C=O) groups excluding carboxylic acids is 2. The van der Waals surface area contributed by atoms with E-state index in [0.717, 1.165) is 19.3 Å². The van der Waals surface area contributed by atoms with Crippen molar-refractivity contribution in [2.75, 3.05) is 6.61 Å². The van der Waals surface area contributed by atoms with Crippen LogP contribution in [0.4, 0.5) is 0 Å². The van der Waals surface area contributed by atoms with Crippen LogP contribution in [0.3, 0.4) is 0 Å². The van der Waals surface area contributed by atoms with Crippen LogP contribution in [0.2, 0.25) is 0 Å². The molecule has 0 heterocycles. The number of rotatable bonds is 14. The van der Waals surface area contributed by atoms with Gasteiger partial charge in [0.15, 0.2) is 5.78 Å². The smallest absolute Gasteiger partial charge is 0.306 e. The largest absolute Gasteiger partial charge is 0.458 e. The number of Topliss-reactive ketones (excluding diaryl/α,β-unsaturated/α-hetero) is 1. The summed E-state index contributed by atoms with van der Waals surface area (Å²) in [5, 5.41) is 34.3. The van der Waals surface area contributed by atoms with Crippen LogP contribution in [0.1, 0.15) is 131 Å². The standard InChI is InChI=1S/C34H54O6/c1-6-7-8-9-10-11-12-13-14-15-16-17-27(36)40-34-19-18-32(38)26(28(34)30(34,3)4)20-25(23-35)22-33(39)29(37)24(2)21-31(32,33)5/h20-21,26,28,35,38-39H,6-19,22-23H2,1-5H3/t26-,28+,31+,32+,33-,34-/m0/s1. The molecule has 6 nitrogen and oxygen atoms in total. The second-order valence-corrected chi connectivity index (χ2v) is 14.2. The summed E-state index contributed by atoms with van der Waals surface area (Å²) in [7, 11) is 0. The average molecular weight is 559 g/mol. The molecule has 0 unspecified atom stereocenters. The summed E-state index contributed by atoms with van der Waals surface area (Å²) < 4.78 is 6.29. The van der Waals surface area contributed by atoms with Gasteiger partial charge in [-0.1, -0.05) is 104 Å². The summed E-state index contributed by atoms with van der Waals surface area (Å²) in [6.07, 6.45) is 18.3. The molecule has 0 bridgehead atoms. The van der Waals surface area contributed by atoms with Crippen molar-refractivity contribution in [1.29, 1.82) is 0 Å². The number of aliphatic hydroxyl groups is 3. The fourth-order valence-electron chi connectivity index (χ4n) is 8.84. The summed E-state index contributed by atoms with van der Waals surface area (Å²) in [5.41, 5.74) is -4.47. The van der Waals surface area contributed by atoms with Crippen molar-refractivity contribution in [3.8, 4) is 0 Å². The Morgan fingerprint density at radius 2 is 1.52 bits per heavy atom. The Bertz CT molecular complexity index is 1030. The molecule has 4 aliphatic rings. The second-order valence-electron chi connectivity index (χ2n) is 14.2. The molecule has 6 atom stereocenters. The van der Waals surface area contributed by atoms with E-state index < -0.39 is 28.1 Å². The van der Waals surface area contributed by atoms with E-state index in [1.165, 1.54) is 51.4 Å². The highest BCUT2D eigenvalue weighted by molar-refractivity contribution is 6.05. The number of hydrogen-bond acceptors (Lipinski definition) is 6. The van der Waals surface area contributed by atoms with Crippen molar-refractivity contribution in [1.82, 2.24) is 0 Å². The number of ketones is 1. The van der Waals surface area contributed by atoms with Gasteiger partial charge in [-0.25, -0.2) is 0 Å². The minimum Gasteiger partial charge on any atom is -0.458 e. The van der Waals surface area contributed by atoms with Gasteiger partial charge < -0.3 is 20.1 Å². The molecule has 6 heteroatoms. The van der Waals surface area contributed by atoms with E-state index in [1.807, 2.05) is 6.08 Å². The van der Waals surface area contributed by atoms with Crippen LogP contribution in [0.5, 0.6) is 0 Å². The predicted molar refractivity (Wildman–Crippen MR) is 156 cm³/mol. The summed E-state index contributed by atoms with van der Waals surface area (Å²) in [5.74, 6) is -1.17. The van der Waals surface area contributed by atoms with Crippen molar-refractivity contribution in [2.45, 2.75) is 148 Å². The van der Waals surface area contributed by atoms with E-state index in [9.17, 15) is 24.9 Å². The highest BCUT2D eigenvalue weighted by Gasteiger charge is 2.83. The van der Waals surface area contributed by atoms with Crippen LogP contribution < -0.4 is 0 Å². The van der Waals surface area contributed by atoms with Gasteiger partial charge >= 0.3 is 5.97 Å². The van der Waals surface area contributed by atoms with Gasteiger partial charge in [0, 0.05) is 30.1 Å². The molecule has 0 amide bonds. The molecule has 0 aromatic carbocycles. The number of esters is 1. The van der Waals surface area contributed by atoms with E-state index >= 15 is 0 Å². The van der Waals surface area contributed by atoms with Crippen LogP contribution in [0.15, 0.2) is 23.3 Å². The maximum absolute atomic E-state index is 13.2. The van der Waals surface area contributed by atoms with Gasteiger partial charge in [0.25, 0.3) is 0 Å². The third kappa shape index (κ3) is 4.94. The molecule has 0 aromatic rings. The van der Waals surface area contributed by atoms with E-state index in [4.69, 9.17) is 4.74 Å². The van der Waals surface area contributed by atoms with Gasteiger partial charge in [-0.15, -0.1) is 0 Å². The third-order valence-corrected chi connectivity index (χ3v) is 11.5. The Hall–Kier alpha value is -1.50. The van der Waals surface area contributed by atoms with Crippen LogP contribution in [-0.4, -0.2) is 50.5 Å². The maximum atomic E-state index is 13.2. The highest BCUT2D eigenvalue weighted by Crippen LogP contribution is 2.77. The lowest BCUT2D eigenvalue weighted by atomic mass is 9.56. The number of carbonyl (C=O) groups is 2. The second kappa shape index (κ2) is 11.6. The number of aliphatic hydroxyl groups excluding tert-OH is 1. The SMILES string of the molecule is CCCCCCCCCCCCCC(=O)O[C@@]12CC[C@@]3(O)[C@@H](C=C(CO)C[C@]4(O)C(=O)C(C)=C[C@]34C)[C@@H]1C2(C)C. The first kappa shape index (κ1) is 31.4. The molecule has 2 fully saturated rings. The van der Waals surface area contributed by atoms with Crippen LogP contribution >= 0.6 is 0 Å². The van der Waals surface area contributed by atoms with E-state index in [0.29, 0.717) is 30.4 Å². The minimum atomic E-state index is -1.81. The molecule has 40 heavy (non-hydrogen) atoms. The average Bonchev–Trinajstić information content (AvgIpc) is 3.35. The fraction of sp³-hybridized carbons (Fsp3) is 0.824. The number of hydrogen-bond donors (Lipinski definition) is 3. The van der Waals surface area contributed by atoms with Gasteiger partial charge in [0.1, 0.15) is 11.2 Å². The molecule has 0 aliphatic heterocycles. The van der Waals surface area contributed by atoms with E-state index in [2.05, 4.69) is 20.8 Å². The molecule has 0 aromatic heterocycles. The van der Waals surface area contributed by atoms with Gasteiger partial charge in [0.2, 0.25) is 0 Å². The number of fused-ring (bicyclic) bond motifs is 5. The third-order valence-electron chi connectivity index (χ3n) is 11.5. The van der Waals surface area contributed by atoms with Crippen LogP contribution in [-0.2, 0) is 14.3 Å². The Morgan fingerprint density at radius 3 is 2.10 bits per heavy atom. The van der Waals surface area contributed by atoms with Crippen LogP contribution in [0, 0.1) is 22.7 Å². The van der Waals surface area contributed by atoms with Crippen LogP contribution in [0.25, 0.3) is 0 Å². The van der Waals surface area contributed by atoms with Crippen molar-refractivity contribution in [2.24, 2.45) is 22.7 Å². The normalized spacial score (nSPS) is 37.5. The first-order valence-corrected chi connectivity index (χ1v) is 16.1. The summed E-state index contributed by atoms with van der Waals surface area (Å²) >= 11 is 0. The lowest BCUT2D eigenvalue weighted by molar-refractivity contribution is -0.197. The van der Waals surface area contributed by atoms with E-state index in [1.54, 1.807) is 19.9 Å². The molecule has 226 valence electrons. The Labute approximate surface area is 241 Å². The van der Waals surface area contributed by atoms with Gasteiger partial charge in [-0.3, -0.25) is 9.59 Å². The molecule has 0 radical (unpaired) electrons. The highest BCUT2D eigenvalue weighted by atomic mass is 16.6. The Balaban J connectivity index is 1.37. The minimum absolute atomic E-state index is 0.00965. The molecule has 4 aliphatic carbocycles.